The fourth-order valence-electron chi connectivity index (χ4n) is 1.84. The normalized spacial score (nSPS) is 16.5. The monoisotopic (exact) mass is 263 g/mol. The summed E-state index contributed by atoms with van der Waals surface area (Å²) in [4.78, 5) is 12.0. The molecule has 94 valence electrons. The smallest absolute Gasteiger partial charge is 0.227 e. The molecule has 0 aromatic heterocycles. The lowest BCUT2D eigenvalue weighted by atomic mass is 9.88. The standard InChI is InChI=1S/C13H14ClN3O/c1-8(10-6-16-7-10)13(18)17-12-4-11(14)3-2-9(12)5-15/h2-4,8,10,16H,6-7H2,1H3,(H,17,18). The van der Waals surface area contributed by atoms with E-state index in [1.807, 2.05) is 13.0 Å². The van der Waals surface area contributed by atoms with E-state index in [9.17, 15) is 4.79 Å². The number of carbonyl (C=O) groups excluding carboxylic acids is 1. The number of anilines is 1. The molecule has 2 rings (SSSR count). The Labute approximate surface area is 111 Å². The molecule has 4 nitrogen and oxygen atoms in total. The first-order valence-electron chi connectivity index (χ1n) is 5.83. The molecule has 1 heterocycles. The number of benzene rings is 1. The van der Waals surface area contributed by atoms with Crippen LogP contribution in [0.5, 0.6) is 0 Å². The van der Waals surface area contributed by atoms with Crippen molar-refractivity contribution in [1.82, 2.24) is 5.32 Å². The Bertz CT molecular complexity index is 505. The largest absolute Gasteiger partial charge is 0.325 e. The fourth-order valence-corrected chi connectivity index (χ4v) is 2.01. The van der Waals surface area contributed by atoms with Gasteiger partial charge in [0.15, 0.2) is 0 Å². The molecule has 0 bridgehead atoms. The van der Waals surface area contributed by atoms with Crippen LogP contribution < -0.4 is 10.6 Å². The van der Waals surface area contributed by atoms with Gasteiger partial charge in [-0.25, -0.2) is 0 Å². The summed E-state index contributed by atoms with van der Waals surface area (Å²) in [5.41, 5.74) is 0.904. The molecule has 1 aromatic rings. The summed E-state index contributed by atoms with van der Waals surface area (Å²) in [7, 11) is 0. The van der Waals surface area contributed by atoms with Crippen LogP contribution in [-0.2, 0) is 4.79 Å². The predicted octanol–water partition coefficient (Wildman–Crippen LogP) is 2.01. The highest BCUT2D eigenvalue weighted by Gasteiger charge is 2.28. The van der Waals surface area contributed by atoms with E-state index in [0.29, 0.717) is 22.2 Å². The first-order chi connectivity index (χ1) is 8.61. The van der Waals surface area contributed by atoms with Crippen LogP contribution in [0.15, 0.2) is 18.2 Å². The first kappa shape index (κ1) is 12.9. The number of nitrogens with zero attached hydrogens (tertiary/aromatic N) is 1. The summed E-state index contributed by atoms with van der Waals surface area (Å²) in [6.07, 6.45) is 0. The molecule has 0 radical (unpaired) electrons. The van der Waals surface area contributed by atoms with Crippen LogP contribution in [0.4, 0.5) is 5.69 Å². The average molecular weight is 264 g/mol. The Balaban J connectivity index is 2.11. The Morgan fingerprint density at radius 3 is 2.89 bits per heavy atom. The molecule has 0 aliphatic carbocycles. The molecule has 1 aromatic carbocycles. The third-order valence-electron chi connectivity index (χ3n) is 3.29. The number of amides is 1. The van der Waals surface area contributed by atoms with E-state index in [4.69, 9.17) is 16.9 Å². The number of rotatable bonds is 3. The van der Waals surface area contributed by atoms with E-state index in [0.717, 1.165) is 13.1 Å². The molecule has 0 spiro atoms. The summed E-state index contributed by atoms with van der Waals surface area (Å²) in [5, 5.41) is 15.4. The van der Waals surface area contributed by atoms with E-state index >= 15 is 0 Å². The van der Waals surface area contributed by atoms with Crippen molar-refractivity contribution in [2.45, 2.75) is 6.92 Å². The zero-order chi connectivity index (χ0) is 13.1. The molecule has 1 amide bonds. The molecule has 18 heavy (non-hydrogen) atoms. The van der Waals surface area contributed by atoms with Crippen molar-refractivity contribution in [3.63, 3.8) is 0 Å². The molecular formula is C13H14ClN3O. The van der Waals surface area contributed by atoms with Crippen LogP contribution in [0.1, 0.15) is 12.5 Å². The van der Waals surface area contributed by atoms with Crippen LogP contribution >= 0.6 is 11.6 Å². The summed E-state index contributed by atoms with van der Waals surface area (Å²) >= 11 is 5.87. The number of nitriles is 1. The maximum atomic E-state index is 12.0. The van der Waals surface area contributed by atoms with Gasteiger partial charge in [0.1, 0.15) is 6.07 Å². The van der Waals surface area contributed by atoms with Crippen LogP contribution in [0.25, 0.3) is 0 Å². The first-order valence-corrected chi connectivity index (χ1v) is 6.21. The van der Waals surface area contributed by atoms with Crippen molar-refractivity contribution in [2.24, 2.45) is 11.8 Å². The highest BCUT2D eigenvalue weighted by Crippen LogP contribution is 2.23. The van der Waals surface area contributed by atoms with Crippen molar-refractivity contribution in [2.75, 3.05) is 18.4 Å². The van der Waals surface area contributed by atoms with Crippen molar-refractivity contribution < 1.29 is 4.79 Å². The van der Waals surface area contributed by atoms with E-state index in [1.165, 1.54) is 0 Å². The summed E-state index contributed by atoms with van der Waals surface area (Å²) in [6, 6.07) is 6.88. The van der Waals surface area contributed by atoms with E-state index in [-0.39, 0.29) is 11.8 Å². The van der Waals surface area contributed by atoms with Gasteiger partial charge in [-0.05, 0) is 37.2 Å². The highest BCUT2D eigenvalue weighted by molar-refractivity contribution is 6.31. The number of nitrogens with one attached hydrogen (secondary N) is 2. The summed E-state index contributed by atoms with van der Waals surface area (Å²) < 4.78 is 0. The van der Waals surface area contributed by atoms with Crippen molar-refractivity contribution in [3.05, 3.63) is 28.8 Å². The van der Waals surface area contributed by atoms with Gasteiger partial charge < -0.3 is 10.6 Å². The lowest BCUT2D eigenvalue weighted by Crippen LogP contribution is -2.48. The van der Waals surface area contributed by atoms with Gasteiger partial charge in [-0.3, -0.25) is 4.79 Å². The number of hydrogen-bond donors (Lipinski definition) is 2. The highest BCUT2D eigenvalue weighted by atomic mass is 35.5. The topological polar surface area (TPSA) is 64.9 Å². The molecule has 1 aliphatic heterocycles. The second-order valence-corrected chi connectivity index (χ2v) is 4.93. The molecule has 0 saturated carbocycles. The lowest BCUT2D eigenvalue weighted by molar-refractivity contribution is -0.121. The molecule has 1 unspecified atom stereocenters. The Hall–Kier alpha value is -1.57. The van der Waals surface area contributed by atoms with Gasteiger partial charge in [-0.2, -0.15) is 5.26 Å². The lowest BCUT2D eigenvalue weighted by Gasteiger charge is -2.31. The van der Waals surface area contributed by atoms with Crippen LogP contribution in [-0.4, -0.2) is 19.0 Å². The quantitative estimate of drug-likeness (QED) is 0.877. The van der Waals surface area contributed by atoms with Gasteiger partial charge in [0.05, 0.1) is 11.3 Å². The number of hydrogen-bond acceptors (Lipinski definition) is 3. The van der Waals surface area contributed by atoms with E-state index in [1.54, 1.807) is 18.2 Å². The van der Waals surface area contributed by atoms with E-state index in [2.05, 4.69) is 10.6 Å². The van der Waals surface area contributed by atoms with Crippen molar-refractivity contribution in [3.8, 4) is 6.07 Å². The summed E-state index contributed by atoms with van der Waals surface area (Å²) in [6.45, 7) is 3.64. The predicted molar refractivity (Wildman–Crippen MR) is 70.3 cm³/mol. The van der Waals surface area contributed by atoms with Crippen LogP contribution in [0, 0.1) is 23.2 Å². The zero-order valence-corrected chi connectivity index (χ0v) is 10.8. The van der Waals surface area contributed by atoms with Gasteiger partial charge >= 0.3 is 0 Å². The molecule has 1 aliphatic rings. The SMILES string of the molecule is CC(C(=O)Nc1cc(Cl)ccc1C#N)C1CNC1. The maximum absolute atomic E-state index is 12.0. The minimum atomic E-state index is -0.0724. The molecule has 5 heteroatoms. The summed E-state index contributed by atoms with van der Waals surface area (Å²) in [5.74, 6) is 0.228. The minimum Gasteiger partial charge on any atom is -0.325 e. The molecule has 2 N–H and O–H groups in total. The third kappa shape index (κ3) is 2.63. The molecule has 1 saturated heterocycles. The Kier molecular flexibility index (Phi) is 3.85. The van der Waals surface area contributed by atoms with Gasteiger partial charge in [0.25, 0.3) is 0 Å². The second kappa shape index (κ2) is 5.38. The number of carbonyl (C=O) groups is 1. The van der Waals surface area contributed by atoms with Gasteiger partial charge in [0, 0.05) is 10.9 Å². The minimum absolute atomic E-state index is 0.0692. The Morgan fingerprint density at radius 2 is 2.33 bits per heavy atom. The van der Waals surface area contributed by atoms with Crippen molar-refractivity contribution in [1.29, 1.82) is 5.26 Å². The second-order valence-electron chi connectivity index (χ2n) is 4.50. The molecule has 1 fully saturated rings. The van der Waals surface area contributed by atoms with Gasteiger partial charge in [0.2, 0.25) is 5.91 Å². The van der Waals surface area contributed by atoms with E-state index < -0.39 is 0 Å². The Morgan fingerprint density at radius 1 is 1.61 bits per heavy atom. The molecular weight excluding hydrogens is 250 g/mol. The van der Waals surface area contributed by atoms with Gasteiger partial charge in [-0.1, -0.05) is 18.5 Å². The third-order valence-corrected chi connectivity index (χ3v) is 3.53. The number of halogens is 1. The fraction of sp³-hybridized carbons (Fsp3) is 0.385. The van der Waals surface area contributed by atoms with Crippen LogP contribution in [0.3, 0.4) is 0 Å². The molecule has 1 atom stereocenters. The van der Waals surface area contributed by atoms with Crippen LogP contribution in [0.2, 0.25) is 5.02 Å². The van der Waals surface area contributed by atoms with Crippen molar-refractivity contribution >= 4 is 23.2 Å². The average Bonchev–Trinajstić information content (AvgIpc) is 2.27. The zero-order valence-electron chi connectivity index (χ0n) is 10.0. The van der Waals surface area contributed by atoms with Gasteiger partial charge in [-0.15, -0.1) is 0 Å². The maximum Gasteiger partial charge on any atom is 0.227 e.